The Labute approximate surface area is 201 Å². The number of benzene rings is 1. The Hall–Kier alpha value is -1.97. The van der Waals surface area contributed by atoms with E-state index in [-0.39, 0.29) is 13.0 Å². The van der Waals surface area contributed by atoms with Gasteiger partial charge in [-0.1, -0.05) is 0 Å². The maximum atomic E-state index is 12.6. The Morgan fingerprint density at radius 2 is 1.55 bits per heavy atom. The van der Waals surface area contributed by atoms with Crippen LogP contribution in [0.3, 0.4) is 0 Å². The molecule has 0 bridgehead atoms. The van der Waals surface area contributed by atoms with E-state index in [9.17, 15) is 14.4 Å². The molecule has 0 aliphatic heterocycles. The van der Waals surface area contributed by atoms with E-state index in [0.29, 0.717) is 5.75 Å². The molecule has 9 heteroatoms. The van der Waals surface area contributed by atoms with Crippen molar-refractivity contribution in [2.45, 2.75) is 86.9 Å². The summed E-state index contributed by atoms with van der Waals surface area (Å²) in [5.41, 5.74) is -0.468. The van der Waals surface area contributed by atoms with Gasteiger partial charge in [0.25, 0.3) is 0 Å². The van der Waals surface area contributed by atoms with E-state index in [4.69, 9.17) is 18.9 Å². The summed E-state index contributed by atoms with van der Waals surface area (Å²) in [5, 5.41) is 2.64. The SMILES string of the molecule is CCOC(=O)[C@H](Cc1ccc(OC(=O)OC(C)(C)C)c[c]1[Sn]([CH3])([CH3])[CH3])NC(=O)OC(C)(C)C. The van der Waals surface area contributed by atoms with Crippen molar-refractivity contribution in [2.24, 2.45) is 0 Å². The fourth-order valence-electron chi connectivity index (χ4n) is 2.97. The van der Waals surface area contributed by atoms with Gasteiger partial charge in [-0.25, -0.2) is 0 Å². The van der Waals surface area contributed by atoms with Crippen LogP contribution in [0, 0.1) is 0 Å². The Morgan fingerprint density at radius 3 is 2.03 bits per heavy atom. The van der Waals surface area contributed by atoms with Crippen LogP contribution in [0.25, 0.3) is 0 Å². The van der Waals surface area contributed by atoms with Crippen molar-refractivity contribution < 1.29 is 33.3 Å². The van der Waals surface area contributed by atoms with Gasteiger partial charge in [0.15, 0.2) is 0 Å². The van der Waals surface area contributed by atoms with Crippen molar-refractivity contribution in [3.8, 4) is 5.75 Å². The summed E-state index contributed by atoms with van der Waals surface area (Å²) in [6.45, 7) is 12.5. The molecular weight excluding hydrogens is 533 g/mol. The molecular formula is C24H39NO7Sn. The molecule has 0 radical (unpaired) electrons. The van der Waals surface area contributed by atoms with Crippen LogP contribution < -0.4 is 13.6 Å². The second-order valence-corrected chi connectivity index (χ2v) is 25.2. The summed E-state index contributed by atoms with van der Waals surface area (Å²) >= 11 is -2.75. The number of amides is 1. The molecule has 1 aromatic carbocycles. The quantitative estimate of drug-likeness (QED) is 0.222. The van der Waals surface area contributed by atoms with Crippen LogP contribution in [0.2, 0.25) is 14.8 Å². The monoisotopic (exact) mass is 573 g/mol. The van der Waals surface area contributed by atoms with Crippen LogP contribution in [0.5, 0.6) is 5.75 Å². The van der Waals surface area contributed by atoms with Crippen molar-refractivity contribution >= 4 is 40.2 Å². The molecule has 0 saturated heterocycles. The van der Waals surface area contributed by atoms with E-state index in [1.807, 2.05) is 12.1 Å². The van der Waals surface area contributed by atoms with Crippen LogP contribution in [0.1, 0.15) is 54.0 Å². The second-order valence-electron chi connectivity index (χ2n) is 10.8. The normalized spacial score (nSPS) is 13.0. The molecule has 1 atom stereocenters. The summed E-state index contributed by atoms with van der Waals surface area (Å²) in [5.74, 6) is -0.157. The van der Waals surface area contributed by atoms with Crippen LogP contribution >= 0.6 is 0 Å². The van der Waals surface area contributed by atoms with Gasteiger partial charge in [-0.3, -0.25) is 0 Å². The molecule has 0 spiro atoms. The van der Waals surface area contributed by atoms with Gasteiger partial charge in [0, 0.05) is 0 Å². The zero-order valence-corrected chi connectivity index (χ0v) is 24.4. The number of carbonyl (C=O) groups is 3. The standard InChI is InChI=1S/C21H30NO7.3CH3.Sn/c1-8-26-17(23)16(22-18(24)28-20(2,3)4)13-14-9-11-15(12-10-14)27-19(25)29-21(5,6)7;;;;/h9,11-12,16H,8,13H2,1-7H3,(H,22,24);3*1H3;/t16-;;;;/m0..../s1. The van der Waals surface area contributed by atoms with Crippen molar-refractivity contribution in [2.75, 3.05) is 6.61 Å². The number of carbonyl (C=O) groups excluding carboxylic acids is 3. The number of hydrogen-bond acceptors (Lipinski definition) is 7. The average molecular weight is 572 g/mol. The van der Waals surface area contributed by atoms with E-state index in [0.717, 1.165) is 9.14 Å². The molecule has 0 fully saturated rings. The van der Waals surface area contributed by atoms with Crippen molar-refractivity contribution in [1.82, 2.24) is 5.32 Å². The number of alkyl carbamates (subject to hydrolysis) is 1. The fourth-order valence-corrected chi connectivity index (χ4v) is 7.89. The summed E-state index contributed by atoms with van der Waals surface area (Å²) in [4.78, 5) is 43.7. The van der Waals surface area contributed by atoms with Gasteiger partial charge in [-0.05, 0) is 0 Å². The number of esters is 1. The van der Waals surface area contributed by atoms with Crippen LogP contribution in [0.15, 0.2) is 18.2 Å². The minimum atomic E-state index is -2.75. The Morgan fingerprint density at radius 1 is 0.970 bits per heavy atom. The molecule has 1 rings (SSSR count). The number of hydrogen-bond donors (Lipinski definition) is 1. The molecule has 1 amide bonds. The van der Waals surface area contributed by atoms with E-state index in [2.05, 4.69) is 20.1 Å². The van der Waals surface area contributed by atoms with Gasteiger partial charge in [-0.2, -0.15) is 0 Å². The van der Waals surface area contributed by atoms with Gasteiger partial charge in [0.1, 0.15) is 0 Å². The third-order valence-corrected chi connectivity index (χ3v) is 10.1. The van der Waals surface area contributed by atoms with E-state index in [1.54, 1.807) is 54.5 Å². The topological polar surface area (TPSA) is 100 Å². The minimum absolute atomic E-state index is 0.194. The van der Waals surface area contributed by atoms with Crippen molar-refractivity contribution in [3.05, 3.63) is 23.8 Å². The van der Waals surface area contributed by atoms with Gasteiger partial charge in [0.05, 0.1) is 0 Å². The zero-order valence-electron chi connectivity index (χ0n) is 21.6. The molecule has 0 unspecified atom stereocenters. The molecule has 0 aliphatic rings. The predicted molar refractivity (Wildman–Crippen MR) is 130 cm³/mol. The first-order valence-electron chi connectivity index (χ1n) is 11.1. The predicted octanol–water partition coefficient (Wildman–Crippen LogP) is 4.54. The molecule has 33 heavy (non-hydrogen) atoms. The first kappa shape index (κ1) is 29.1. The molecule has 186 valence electrons. The summed E-state index contributed by atoms with van der Waals surface area (Å²) < 4.78 is 22.2. The van der Waals surface area contributed by atoms with Gasteiger partial charge < -0.3 is 0 Å². The number of rotatable bonds is 7. The summed E-state index contributed by atoms with van der Waals surface area (Å²) in [6.07, 6.45) is -1.23. The van der Waals surface area contributed by atoms with Crippen LogP contribution in [-0.2, 0) is 25.4 Å². The Kier molecular flexibility index (Phi) is 10.1. The first-order chi connectivity index (χ1) is 14.9. The first-order valence-corrected chi connectivity index (χ1v) is 21.1. The molecule has 0 aromatic heterocycles. The van der Waals surface area contributed by atoms with Crippen LogP contribution in [0.4, 0.5) is 9.59 Å². The van der Waals surface area contributed by atoms with Gasteiger partial charge >= 0.3 is 202 Å². The van der Waals surface area contributed by atoms with E-state index in [1.165, 1.54) is 0 Å². The molecule has 0 heterocycles. The van der Waals surface area contributed by atoms with Crippen LogP contribution in [-0.4, -0.2) is 60.4 Å². The third-order valence-electron chi connectivity index (χ3n) is 4.17. The second kappa shape index (κ2) is 11.4. The van der Waals surface area contributed by atoms with Gasteiger partial charge in [0.2, 0.25) is 0 Å². The molecule has 1 N–H and O–H groups in total. The molecule has 1 aromatic rings. The molecule has 8 nitrogen and oxygen atoms in total. The maximum absolute atomic E-state index is 12.6. The number of ether oxygens (including phenoxy) is 4. The van der Waals surface area contributed by atoms with Crippen molar-refractivity contribution in [1.29, 1.82) is 0 Å². The van der Waals surface area contributed by atoms with E-state index < -0.39 is 53.8 Å². The summed E-state index contributed by atoms with van der Waals surface area (Å²) in [7, 11) is 0. The zero-order chi connectivity index (χ0) is 25.6. The summed E-state index contributed by atoms with van der Waals surface area (Å²) in [6, 6.07) is 4.41. The molecule has 0 saturated carbocycles. The Balaban J connectivity index is 3.21. The van der Waals surface area contributed by atoms with Gasteiger partial charge in [-0.15, -0.1) is 0 Å². The third kappa shape index (κ3) is 11.1. The Bertz CT molecular complexity index is 848. The molecule has 0 aliphatic carbocycles. The average Bonchev–Trinajstić information content (AvgIpc) is 2.58. The number of nitrogens with one attached hydrogen (secondary N) is 1. The van der Waals surface area contributed by atoms with Crippen molar-refractivity contribution in [3.63, 3.8) is 0 Å². The fraction of sp³-hybridized carbons (Fsp3) is 0.625. The van der Waals surface area contributed by atoms with E-state index >= 15 is 0 Å².